The van der Waals surface area contributed by atoms with E-state index in [4.69, 9.17) is 4.74 Å². The summed E-state index contributed by atoms with van der Waals surface area (Å²) in [5, 5.41) is 0.804. The molecule has 5 heteroatoms. The summed E-state index contributed by atoms with van der Waals surface area (Å²) >= 11 is 0. The molecule has 0 N–H and O–H groups in total. The molecule has 1 aromatic heterocycles. The molecular formula is C22H24N2O3. The number of hydrogen-bond acceptors (Lipinski definition) is 3. The van der Waals surface area contributed by atoms with Crippen LogP contribution in [0.15, 0.2) is 48.5 Å². The summed E-state index contributed by atoms with van der Waals surface area (Å²) in [7, 11) is 1.91. The maximum atomic E-state index is 13.1. The largest absolute Gasteiger partial charge is 0.494 e. The van der Waals surface area contributed by atoms with Crippen molar-refractivity contribution in [3.05, 3.63) is 59.8 Å². The Kier molecular flexibility index (Phi) is 5.31. The minimum absolute atomic E-state index is 0.405. The highest BCUT2D eigenvalue weighted by atomic mass is 16.5. The Morgan fingerprint density at radius 1 is 1.04 bits per heavy atom. The Morgan fingerprint density at radius 2 is 1.70 bits per heavy atom. The Labute approximate surface area is 159 Å². The highest BCUT2D eigenvalue weighted by Gasteiger charge is 2.28. The van der Waals surface area contributed by atoms with E-state index in [2.05, 4.69) is 0 Å². The number of likely N-dealkylation sites (N-methyl/N-ethyl adjacent to an activating group) is 1. The molecule has 0 atom stereocenters. The third kappa shape index (κ3) is 3.33. The normalized spacial score (nSPS) is 10.8. The van der Waals surface area contributed by atoms with Crippen LogP contribution in [0.1, 0.15) is 29.9 Å². The molecule has 0 radical (unpaired) electrons. The van der Waals surface area contributed by atoms with Crippen molar-refractivity contribution in [1.29, 1.82) is 0 Å². The van der Waals surface area contributed by atoms with Gasteiger partial charge in [0.25, 0.3) is 11.7 Å². The van der Waals surface area contributed by atoms with E-state index in [1.807, 2.05) is 68.8 Å². The first-order valence-electron chi connectivity index (χ1n) is 9.12. The van der Waals surface area contributed by atoms with Gasteiger partial charge in [0, 0.05) is 35.9 Å². The van der Waals surface area contributed by atoms with Crippen LogP contribution in [0.25, 0.3) is 10.9 Å². The molecule has 0 saturated carbocycles. The van der Waals surface area contributed by atoms with Gasteiger partial charge >= 0.3 is 0 Å². The summed E-state index contributed by atoms with van der Waals surface area (Å²) in [4.78, 5) is 27.6. The number of ether oxygens (including phenoxy) is 1. The molecule has 2 aromatic carbocycles. The predicted octanol–water partition coefficient (Wildman–Crippen LogP) is 4.12. The number of nitrogens with zero attached hydrogens (tertiary/aromatic N) is 2. The van der Waals surface area contributed by atoms with Crippen LogP contribution >= 0.6 is 0 Å². The molecule has 27 heavy (non-hydrogen) atoms. The summed E-state index contributed by atoms with van der Waals surface area (Å²) in [6.07, 6.45) is 0. The number of ketones is 1. The van der Waals surface area contributed by atoms with Gasteiger partial charge in [0.1, 0.15) is 5.75 Å². The maximum absolute atomic E-state index is 13.1. The van der Waals surface area contributed by atoms with Gasteiger partial charge in [0.05, 0.1) is 12.2 Å². The fraction of sp³-hybridized carbons (Fsp3) is 0.273. The molecule has 0 fully saturated rings. The second kappa shape index (κ2) is 7.66. The van der Waals surface area contributed by atoms with E-state index < -0.39 is 11.7 Å². The minimum atomic E-state index is -0.527. The van der Waals surface area contributed by atoms with Crippen molar-refractivity contribution in [1.82, 2.24) is 4.57 Å². The lowest BCUT2D eigenvalue weighted by atomic mass is 10.1. The topological polar surface area (TPSA) is 51.5 Å². The van der Waals surface area contributed by atoms with E-state index in [1.54, 1.807) is 12.1 Å². The molecule has 3 rings (SSSR count). The van der Waals surface area contributed by atoms with E-state index in [0.29, 0.717) is 24.4 Å². The zero-order valence-corrected chi connectivity index (χ0v) is 16.2. The fourth-order valence-corrected chi connectivity index (χ4v) is 3.37. The first-order chi connectivity index (χ1) is 13.0. The van der Waals surface area contributed by atoms with E-state index >= 15 is 0 Å². The number of para-hydroxylation sites is 1. The van der Waals surface area contributed by atoms with Crippen molar-refractivity contribution in [2.45, 2.75) is 20.8 Å². The van der Waals surface area contributed by atoms with E-state index in [1.165, 1.54) is 4.90 Å². The molecule has 0 saturated heterocycles. The monoisotopic (exact) mass is 364 g/mol. The van der Waals surface area contributed by atoms with Crippen molar-refractivity contribution in [2.24, 2.45) is 7.05 Å². The highest BCUT2D eigenvalue weighted by molar-refractivity contribution is 6.49. The van der Waals surface area contributed by atoms with Crippen LogP contribution in [0.4, 0.5) is 5.69 Å². The zero-order valence-electron chi connectivity index (χ0n) is 16.2. The van der Waals surface area contributed by atoms with Gasteiger partial charge in [-0.15, -0.1) is 0 Å². The number of benzene rings is 2. The van der Waals surface area contributed by atoms with Gasteiger partial charge in [-0.3, -0.25) is 9.59 Å². The van der Waals surface area contributed by atoms with Gasteiger partial charge in [-0.1, -0.05) is 18.2 Å². The van der Waals surface area contributed by atoms with Crippen molar-refractivity contribution < 1.29 is 14.3 Å². The lowest BCUT2D eigenvalue weighted by Gasteiger charge is -2.20. The number of carbonyl (C=O) groups is 2. The van der Waals surface area contributed by atoms with E-state index in [0.717, 1.165) is 22.3 Å². The highest BCUT2D eigenvalue weighted by Crippen LogP contribution is 2.27. The Balaban J connectivity index is 1.96. The van der Waals surface area contributed by atoms with Crippen molar-refractivity contribution in [3.8, 4) is 5.75 Å². The van der Waals surface area contributed by atoms with Crippen molar-refractivity contribution >= 4 is 28.3 Å². The molecule has 0 spiro atoms. The Morgan fingerprint density at radius 3 is 2.33 bits per heavy atom. The molecular weight excluding hydrogens is 340 g/mol. The number of aryl methyl sites for hydroxylation is 1. The summed E-state index contributed by atoms with van der Waals surface area (Å²) in [6, 6.07) is 14.9. The molecule has 140 valence electrons. The standard InChI is InChI=1S/C22H24N2O3/c1-5-24(16-11-13-17(14-12-16)27-6-2)22(26)21(25)20-15(3)23(4)19-10-8-7-9-18(19)20/h7-14H,5-6H2,1-4H3. The zero-order chi connectivity index (χ0) is 19.6. The fourth-order valence-electron chi connectivity index (χ4n) is 3.37. The number of rotatable bonds is 6. The Hall–Kier alpha value is -3.08. The van der Waals surface area contributed by atoms with Crippen LogP contribution < -0.4 is 9.64 Å². The Bertz CT molecular complexity index is 987. The van der Waals surface area contributed by atoms with Crippen LogP contribution in [0.2, 0.25) is 0 Å². The summed E-state index contributed by atoms with van der Waals surface area (Å²) < 4.78 is 7.39. The number of fused-ring (bicyclic) bond motifs is 1. The lowest BCUT2D eigenvalue weighted by Crippen LogP contribution is -2.36. The number of hydrogen-bond donors (Lipinski definition) is 0. The summed E-state index contributed by atoms with van der Waals surface area (Å²) in [6.45, 7) is 6.63. The maximum Gasteiger partial charge on any atom is 0.299 e. The van der Waals surface area contributed by atoms with Gasteiger partial charge < -0.3 is 14.2 Å². The third-order valence-electron chi connectivity index (χ3n) is 4.84. The van der Waals surface area contributed by atoms with Crippen molar-refractivity contribution in [3.63, 3.8) is 0 Å². The number of amides is 1. The second-order valence-electron chi connectivity index (χ2n) is 6.34. The second-order valence-corrected chi connectivity index (χ2v) is 6.34. The van der Waals surface area contributed by atoms with Crippen LogP contribution in [0.5, 0.6) is 5.75 Å². The molecule has 0 unspecified atom stereocenters. The average molecular weight is 364 g/mol. The van der Waals surface area contributed by atoms with Crippen LogP contribution in [-0.4, -0.2) is 29.4 Å². The molecule has 0 bridgehead atoms. The number of Topliss-reactive ketones (excluding diaryl/α,β-unsaturated/α-hetero) is 1. The molecule has 5 nitrogen and oxygen atoms in total. The summed E-state index contributed by atoms with van der Waals surface area (Å²) in [5.41, 5.74) is 2.88. The predicted molar refractivity (Wildman–Crippen MR) is 108 cm³/mol. The number of anilines is 1. The van der Waals surface area contributed by atoms with Crippen LogP contribution in [0, 0.1) is 6.92 Å². The SMILES string of the molecule is CCOc1ccc(N(CC)C(=O)C(=O)c2c(C)n(C)c3ccccc23)cc1. The molecule has 0 aliphatic rings. The molecule has 1 amide bonds. The van der Waals surface area contributed by atoms with Gasteiger partial charge in [-0.05, 0) is 51.1 Å². The first-order valence-corrected chi connectivity index (χ1v) is 9.12. The minimum Gasteiger partial charge on any atom is -0.494 e. The molecule has 1 heterocycles. The molecule has 3 aromatic rings. The van der Waals surface area contributed by atoms with Gasteiger partial charge in [-0.25, -0.2) is 0 Å². The van der Waals surface area contributed by atoms with Crippen LogP contribution in [-0.2, 0) is 11.8 Å². The quantitative estimate of drug-likeness (QED) is 0.488. The molecule has 0 aliphatic carbocycles. The average Bonchev–Trinajstić information content (AvgIpc) is 2.94. The number of aromatic nitrogens is 1. The van der Waals surface area contributed by atoms with Gasteiger partial charge in [0.15, 0.2) is 0 Å². The smallest absolute Gasteiger partial charge is 0.299 e. The van der Waals surface area contributed by atoms with E-state index in [9.17, 15) is 9.59 Å². The third-order valence-corrected chi connectivity index (χ3v) is 4.84. The summed E-state index contributed by atoms with van der Waals surface area (Å²) in [5.74, 6) is -0.276. The lowest BCUT2D eigenvalue weighted by molar-refractivity contribution is -0.114. The van der Waals surface area contributed by atoms with Crippen LogP contribution in [0.3, 0.4) is 0 Å². The van der Waals surface area contributed by atoms with Crippen molar-refractivity contribution in [2.75, 3.05) is 18.1 Å². The van der Waals surface area contributed by atoms with E-state index in [-0.39, 0.29) is 0 Å². The number of carbonyl (C=O) groups excluding carboxylic acids is 2. The van der Waals surface area contributed by atoms with Gasteiger partial charge in [-0.2, -0.15) is 0 Å². The first kappa shape index (κ1) is 18.7. The molecule has 0 aliphatic heterocycles. The van der Waals surface area contributed by atoms with Gasteiger partial charge in [0.2, 0.25) is 0 Å².